The number of rotatable bonds is 5. The SMILES string of the molecule is O=C(CN1CCN(c2nccn2-c2ccccc2F)CC1)Nc1ccccc1F. The number of imidazole rings is 1. The van der Waals surface area contributed by atoms with E-state index in [4.69, 9.17) is 0 Å². The molecule has 150 valence electrons. The summed E-state index contributed by atoms with van der Waals surface area (Å²) in [5.74, 6) is -0.345. The molecule has 2 aromatic carbocycles. The zero-order valence-corrected chi connectivity index (χ0v) is 15.8. The minimum absolute atomic E-state index is 0.183. The van der Waals surface area contributed by atoms with E-state index < -0.39 is 5.82 Å². The molecule has 0 aliphatic carbocycles. The van der Waals surface area contributed by atoms with Gasteiger partial charge in [-0.05, 0) is 24.3 Å². The van der Waals surface area contributed by atoms with Crippen molar-refractivity contribution < 1.29 is 13.6 Å². The standard InChI is InChI=1S/C21H21F2N5O/c22-16-5-1-3-7-18(16)25-20(29)15-26-11-13-27(14-12-26)21-24-9-10-28(21)19-8-4-2-6-17(19)23/h1-10H,11-15H2,(H,25,29). The summed E-state index contributed by atoms with van der Waals surface area (Å²) < 4.78 is 29.6. The van der Waals surface area contributed by atoms with E-state index in [0.29, 0.717) is 37.8 Å². The van der Waals surface area contributed by atoms with Crippen LogP contribution in [0.5, 0.6) is 0 Å². The van der Waals surface area contributed by atoms with Crippen molar-refractivity contribution in [3.8, 4) is 5.69 Å². The van der Waals surface area contributed by atoms with Crippen molar-refractivity contribution in [3.63, 3.8) is 0 Å². The number of piperazine rings is 1. The van der Waals surface area contributed by atoms with Crippen molar-refractivity contribution >= 4 is 17.5 Å². The molecular formula is C21H21F2N5O. The monoisotopic (exact) mass is 397 g/mol. The Labute approximate surface area is 167 Å². The second-order valence-corrected chi connectivity index (χ2v) is 6.84. The highest BCUT2D eigenvalue weighted by Crippen LogP contribution is 2.21. The first-order valence-corrected chi connectivity index (χ1v) is 9.42. The Morgan fingerprint density at radius 1 is 0.966 bits per heavy atom. The molecule has 1 amide bonds. The van der Waals surface area contributed by atoms with Crippen LogP contribution < -0.4 is 10.2 Å². The molecule has 0 saturated carbocycles. The predicted octanol–water partition coefficient (Wildman–Crippen LogP) is 2.91. The molecule has 0 bridgehead atoms. The van der Waals surface area contributed by atoms with Crippen LogP contribution in [0.1, 0.15) is 0 Å². The first kappa shape index (κ1) is 19.1. The van der Waals surface area contributed by atoms with Crippen molar-refractivity contribution in [2.24, 2.45) is 0 Å². The number of anilines is 2. The largest absolute Gasteiger partial charge is 0.339 e. The summed E-state index contributed by atoms with van der Waals surface area (Å²) in [6, 6.07) is 12.7. The van der Waals surface area contributed by atoms with E-state index in [0.717, 1.165) is 0 Å². The minimum Gasteiger partial charge on any atom is -0.339 e. The molecule has 3 aromatic rings. The molecule has 4 rings (SSSR count). The maximum absolute atomic E-state index is 14.2. The Hall–Kier alpha value is -3.26. The fraction of sp³-hybridized carbons (Fsp3) is 0.238. The summed E-state index contributed by atoms with van der Waals surface area (Å²) >= 11 is 0. The molecule has 2 heterocycles. The van der Waals surface area contributed by atoms with Crippen molar-refractivity contribution in [1.82, 2.24) is 14.5 Å². The van der Waals surface area contributed by atoms with E-state index >= 15 is 0 Å². The second kappa shape index (κ2) is 8.40. The lowest BCUT2D eigenvalue weighted by molar-refractivity contribution is -0.117. The van der Waals surface area contributed by atoms with Gasteiger partial charge in [-0.15, -0.1) is 0 Å². The van der Waals surface area contributed by atoms with Gasteiger partial charge in [-0.25, -0.2) is 13.8 Å². The summed E-state index contributed by atoms with van der Waals surface area (Å²) in [6.07, 6.45) is 3.39. The molecule has 1 N–H and O–H groups in total. The first-order chi connectivity index (χ1) is 14.1. The Balaban J connectivity index is 1.36. The normalized spacial score (nSPS) is 14.8. The molecule has 6 nitrogen and oxygen atoms in total. The van der Waals surface area contributed by atoms with Crippen LogP contribution in [0.3, 0.4) is 0 Å². The molecule has 0 unspecified atom stereocenters. The zero-order chi connectivity index (χ0) is 20.2. The van der Waals surface area contributed by atoms with Crippen molar-refractivity contribution in [3.05, 3.63) is 72.6 Å². The van der Waals surface area contributed by atoms with Crippen LogP contribution >= 0.6 is 0 Å². The first-order valence-electron chi connectivity index (χ1n) is 9.42. The van der Waals surface area contributed by atoms with Crippen LogP contribution in [0, 0.1) is 11.6 Å². The van der Waals surface area contributed by atoms with Crippen LogP contribution in [0.25, 0.3) is 5.69 Å². The highest BCUT2D eigenvalue weighted by atomic mass is 19.1. The van der Waals surface area contributed by atoms with Crippen LogP contribution in [-0.4, -0.2) is 53.1 Å². The number of hydrogen-bond donors (Lipinski definition) is 1. The predicted molar refractivity (Wildman–Crippen MR) is 107 cm³/mol. The number of aromatic nitrogens is 2. The summed E-state index contributed by atoms with van der Waals surface area (Å²) in [5, 5.41) is 2.61. The molecule has 1 saturated heterocycles. The molecule has 1 aliphatic rings. The summed E-state index contributed by atoms with van der Waals surface area (Å²) in [4.78, 5) is 20.7. The average molecular weight is 397 g/mol. The number of halogens is 2. The molecule has 0 atom stereocenters. The number of carbonyl (C=O) groups excluding carboxylic acids is 1. The molecular weight excluding hydrogens is 376 g/mol. The van der Waals surface area contributed by atoms with E-state index in [1.807, 2.05) is 4.90 Å². The van der Waals surface area contributed by atoms with Crippen LogP contribution in [0.4, 0.5) is 20.4 Å². The Bertz CT molecular complexity index is 998. The third-order valence-electron chi connectivity index (χ3n) is 4.90. The fourth-order valence-electron chi connectivity index (χ4n) is 3.43. The number of amides is 1. The van der Waals surface area contributed by atoms with Gasteiger partial charge >= 0.3 is 0 Å². The Morgan fingerprint density at radius 2 is 1.66 bits per heavy atom. The van der Waals surface area contributed by atoms with Gasteiger partial charge in [0.15, 0.2) is 0 Å². The van der Waals surface area contributed by atoms with Gasteiger partial charge in [0.2, 0.25) is 11.9 Å². The van der Waals surface area contributed by atoms with Gasteiger partial charge in [-0.3, -0.25) is 14.3 Å². The van der Waals surface area contributed by atoms with Crippen molar-refractivity contribution in [2.45, 2.75) is 0 Å². The van der Waals surface area contributed by atoms with E-state index in [9.17, 15) is 13.6 Å². The third-order valence-corrected chi connectivity index (χ3v) is 4.90. The second-order valence-electron chi connectivity index (χ2n) is 6.84. The quantitative estimate of drug-likeness (QED) is 0.719. The van der Waals surface area contributed by atoms with Crippen LogP contribution in [-0.2, 0) is 4.79 Å². The van der Waals surface area contributed by atoms with Crippen molar-refractivity contribution in [1.29, 1.82) is 0 Å². The topological polar surface area (TPSA) is 53.4 Å². The zero-order valence-electron chi connectivity index (χ0n) is 15.8. The molecule has 1 fully saturated rings. The Kier molecular flexibility index (Phi) is 5.53. The average Bonchev–Trinajstić information content (AvgIpc) is 3.20. The number of hydrogen-bond acceptors (Lipinski definition) is 4. The van der Waals surface area contributed by atoms with Gasteiger partial charge in [0.05, 0.1) is 17.9 Å². The lowest BCUT2D eigenvalue weighted by Crippen LogP contribution is -2.49. The maximum atomic E-state index is 14.2. The number of carbonyl (C=O) groups is 1. The van der Waals surface area contributed by atoms with E-state index in [1.165, 1.54) is 18.2 Å². The third kappa shape index (κ3) is 4.27. The van der Waals surface area contributed by atoms with Gasteiger partial charge in [0, 0.05) is 38.6 Å². The minimum atomic E-state index is -0.453. The van der Waals surface area contributed by atoms with Crippen LogP contribution in [0.2, 0.25) is 0 Å². The maximum Gasteiger partial charge on any atom is 0.238 e. The van der Waals surface area contributed by atoms with Gasteiger partial charge in [-0.2, -0.15) is 0 Å². The molecule has 1 aromatic heterocycles. The highest BCUT2D eigenvalue weighted by molar-refractivity contribution is 5.92. The lowest BCUT2D eigenvalue weighted by atomic mass is 10.3. The number of para-hydroxylation sites is 2. The lowest BCUT2D eigenvalue weighted by Gasteiger charge is -2.35. The number of benzene rings is 2. The van der Waals surface area contributed by atoms with Gasteiger partial charge in [0.1, 0.15) is 11.6 Å². The molecule has 1 aliphatic heterocycles. The molecule has 0 spiro atoms. The van der Waals surface area contributed by atoms with Crippen LogP contribution in [0.15, 0.2) is 60.9 Å². The van der Waals surface area contributed by atoms with Crippen molar-refractivity contribution in [2.75, 3.05) is 42.9 Å². The Morgan fingerprint density at radius 3 is 2.38 bits per heavy atom. The summed E-state index contributed by atoms with van der Waals surface area (Å²) in [5.41, 5.74) is 0.634. The number of nitrogens with one attached hydrogen (secondary N) is 1. The summed E-state index contributed by atoms with van der Waals surface area (Å²) in [6.45, 7) is 2.78. The van der Waals surface area contributed by atoms with Gasteiger partial charge in [-0.1, -0.05) is 24.3 Å². The number of nitrogens with zero attached hydrogens (tertiary/aromatic N) is 4. The fourth-order valence-corrected chi connectivity index (χ4v) is 3.43. The molecule has 8 heteroatoms. The molecule has 29 heavy (non-hydrogen) atoms. The molecule has 0 radical (unpaired) electrons. The van der Waals surface area contributed by atoms with Gasteiger partial charge < -0.3 is 10.2 Å². The highest BCUT2D eigenvalue weighted by Gasteiger charge is 2.23. The van der Waals surface area contributed by atoms with E-state index in [-0.39, 0.29) is 24.0 Å². The van der Waals surface area contributed by atoms with Gasteiger partial charge in [0.25, 0.3) is 0 Å². The van der Waals surface area contributed by atoms with E-state index in [1.54, 1.807) is 47.3 Å². The smallest absolute Gasteiger partial charge is 0.238 e. The summed E-state index contributed by atoms with van der Waals surface area (Å²) in [7, 11) is 0. The van der Waals surface area contributed by atoms with E-state index in [2.05, 4.69) is 15.2 Å².